The zero-order valence-electron chi connectivity index (χ0n) is 27.0. The Balaban J connectivity index is 1.27. The van der Waals surface area contributed by atoms with Crippen molar-refractivity contribution in [1.82, 2.24) is 5.32 Å². The summed E-state index contributed by atoms with van der Waals surface area (Å²) in [4.78, 5) is 12.7. The molecular formula is C32H59N2O8S+. The number of fused-ring (bicyclic) bond motifs is 5. The summed E-state index contributed by atoms with van der Waals surface area (Å²) in [5, 5.41) is 46.5. The minimum absolute atomic E-state index is 0.00585. The Bertz CT molecular complexity index is 1090. The molecule has 12 atom stereocenters. The lowest BCUT2D eigenvalue weighted by Gasteiger charge is -2.63. The molecule has 250 valence electrons. The van der Waals surface area contributed by atoms with Crippen molar-refractivity contribution in [2.45, 2.75) is 109 Å². The molecule has 0 aromatic carbocycles. The van der Waals surface area contributed by atoms with Crippen molar-refractivity contribution >= 4 is 16.0 Å². The van der Waals surface area contributed by atoms with Crippen molar-refractivity contribution in [2.24, 2.45) is 46.3 Å². The molecule has 10 nitrogen and oxygen atoms in total. The molecule has 6 N–H and O–H groups in total. The van der Waals surface area contributed by atoms with Crippen LogP contribution >= 0.6 is 0 Å². The molecule has 4 rings (SSSR count). The summed E-state index contributed by atoms with van der Waals surface area (Å²) in [6, 6.07) is 0. The van der Waals surface area contributed by atoms with Gasteiger partial charge in [-0.1, -0.05) is 20.8 Å². The third-order valence-electron chi connectivity index (χ3n) is 12.7. The van der Waals surface area contributed by atoms with Crippen molar-refractivity contribution in [3.05, 3.63) is 0 Å². The summed E-state index contributed by atoms with van der Waals surface area (Å²) in [6.07, 6.45) is 5.56. The highest BCUT2D eigenvalue weighted by Gasteiger charge is 2.65. The van der Waals surface area contributed by atoms with Crippen LogP contribution in [0.3, 0.4) is 0 Å². The van der Waals surface area contributed by atoms with Crippen molar-refractivity contribution in [1.29, 1.82) is 0 Å². The van der Waals surface area contributed by atoms with Gasteiger partial charge in [0, 0.05) is 19.4 Å². The van der Waals surface area contributed by atoms with Crippen LogP contribution in [0.4, 0.5) is 0 Å². The highest BCUT2D eigenvalue weighted by molar-refractivity contribution is 7.85. The standard InChI is InChI=1S/C32H58N2O8S/c1-20(7-10-29(39)33-13-6-14-34(4,5)18-23(36)19-43(40,41)42)24-8-9-25-30-26(17-28(38)32(24,25)3)31(2)12-11-22(35)15-21(31)16-27(30)37/h20-28,30,35-38H,6-19H2,1-5H3,(H-,33,39,40,41,42)/p+1/t20-,21-,22-,23+,24-,25-,26+,27-,28+,30-,31+,32-/m1/s1. The van der Waals surface area contributed by atoms with E-state index in [0.717, 1.165) is 44.9 Å². The number of carbonyl (C=O) groups excluding carboxylic acids is 1. The van der Waals surface area contributed by atoms with Crippen LogP contribution in [0.1, 0.15) is 85.0 Å². The Kier molecular flexibility index (Phi) is 10.7. The van der Waals surface area contributed by atoms with E-state index in [9.17, 15) is 33.6 Å². The molecule has 0 aliphatic heterocycles. The van der Waals surface area contributed by atoms with Crippen LogP contribution < -0.4 is 5.32 Å². The van der Waals surface area contributed by atoms with Gasteiger partial charge in [0.05, 0.1) is 39.0 Å². The first-order valence-corrected chi connectivity index (χ1v) is 18.2. The van der Waals surface area contributed by atoms with Gasteiger partial charge in [0.2, 0.25) is 5.91 Å². The lowest BCUT2D eigenvalue weighted by atomic mass is 9.43. The third-order valence-corrected chi connectivity index (χ3v) is 13.5. The minimum Gasteiger partial charge on any atom is -0.393 e. The van der Waals surface area contributed by atoms with Crippen LogP contribution in [0.5, 0.6) is 0 Å². The predicted molar refractivity (Wildman–Crippen MR) is 164 cm³/mol. The molecule has 43 heavy (non-hydrogen) atoms. The van der Waals surface area contributed by atoms with E-state index in [-0.39, 0.29) is 59.2 Å². The summed E-state index contributed by atoms with van der Waals surface area (Å²) in [7, 11) is -0.484. The molecule has 0 aromatic heterocycles. The van der Waals surface area contributed by atoms with E-state index in [2.05, 4.69) is 26.1 Å². The number of nitrogens with zero attached hydrogens (tertiary/aromatic N) is 1. The zero-order valence-corrected chi connectivity index (χ0v) is 27.8. The second-order valence-electron chi connectivity index (χ2n) is 16.0. The van der Waals surface area contributed by atoms with Crippen LogP contribution in [-0.2, 0) is 14.9 Å². The molecule has 0 heterocycles. The number of aliphatic hydroxyl groups excluding tert-OH is 4. The number of rotatable bonds is 12. The average molecular weight is 632 g/mol. The minimum atomic E-state index is -4.23. The lowest BCUT2D eigenvalue weighted by Crippen LogP contribution is -2.62. The van der Waals surface area contributed by atoms with Gasteiger partial charge in [-0.05, 0) is 97.7 Å². The number of quaternary nitrogens is 1. The van der Waals surface area contributed by atoms with Crippen LogP contribution in [0.25, 0.3) is 0 Å². The van der Waals surface area contributed by atoms with Crippen molar-refractivity contribution in [3.63, 3.8) is 0 Å². The van der Waals surface area contributed by atoms with Crippen LogP contribution in [0.15, 0.2) is 0 Å². The van der Waals surface area contributed by atoms with E-state index >= 15 is 0 Å². The number of aliphatic hydroxyl groups is 4. The van der Waals surface area contributed by atoms with E-state index in [0.29, 0.717) is 48.7 Å². The van der Waals surface area contributed by atoms with Gasteiger partial charge in [-0.2, -0.15) is 8.42 Å². The molecule has 0 bridgehead atoms. The number of amides is 1. The first kappa shape index (κ1) is 35.0. The normalized spacial score (nSPS) is 41.1. The summed E-state index contributed by atoms with van der Waals surface area (Å²) >= 11 is 0. The zero-order chi connectivity index (χ0) is 32.0. The van der Waals surface area contributed by atoms with Gasteiger partial charge < -0.3 is 30.2 Å². The van der Waals surface area contributed by atoms with E-state index < -0.39 is 28.1 Å². The largest absolute Gasteiger partial charge is 0.393 e. The molecule has 0 aromatic rings. The van der Waals surface area contributed by atoms with Crippen LogP contribution in [0, 0.1) is 46.3 Å². The maximum absolute atomic E-state index is 12.7. The van der Waals surface area contributed by atoms with E-state index in [1.165, 1.54) is 0 Å². The fraction of sp³-hybridized carbons (Fsp3) is 0.969. The lowest BCUT2D eigenvalue weighted by molar-refractivity contribution is -0.893. The van der Waals surface area contributed by atoms with E-state index in [1.807, 2.05) is 14.1 Å². The van der Waals surface area contributed by atoms with Gasteiger partial charge in [0.1, 0.15) is 18.4 Å². The highest BCUT2D eigenvalue weighted by Crippen LogP contribution is 2.68. The molecule has 0 saturated heterocycles. The summed E-state index contributed by atoms with van der Waals surface area (Å²) in [5.41, 5.74) is -0.222. The Morgan fingerprint density at radius 2 is 1.74 bits per heavy atom. The number of carbonyl (C=O) groups is 1. The van der Waals surface area contributed by atoms with E-state index in [1.54, 1.807) is 0 Å². The fourth-order valence-corrected chi connectivity index (χ4v) is 11.1. The van der Waals surface area contributed by atoms with Gasteiger partial charge >= 0.3 is 0 Å². The van der Waals surface area contributed by atoms with Gasteiger partial charge in [-0.15, -0.1) is 0 Å². The van der Waals surface area contributed by atoms with Crippen LogP contribution in [0.2, 0.25) is 0 Å². The van der Waals surface area contributed by atoms with Gasteiger partial charge in [0.25, 0.3) is 10.1 Å². The quantitative estimate of drug-likeness (QED) is 0.108. The Hall–Kier alpha value is -0.820. The topological polar surface area (TPSA) is 164 Å². The van der Waals surface area contributed by atoms with Crippen molar-refractivity contribution in [2.75, 3.05) is 39.5 Å². The Morgan fingerprint density at radius 1 is 1.05 bits per heavy atom. The average Bonchev–Trinajstić information content (AvgIpc) is 3.24. The number of hydrogen-bond acceptors (Lipinski definition) is 7. The molecule has 11 heteroatoms. The second kappa shape index (κ2) is 13.1. The van der Waals surface area contributed by atoms with Crippen molar-refractivity contribution < 1.29 is 42.7 Å². The second-order valence-corrected chi connectivity index (χ2v) is 17.5. The molecule has 4 saturated carbocycles. The summed E-state index contributed by atoms with van der Waals surface area (Å²) in [5.74, 6) is 0.890. The molecule has 4 aliphatic carbocycles. The molecule has 4 fully saturated rings. The van der Waals surface area contributed by atoms with E-state index in [4.69, 9.17) is 4.55 Å². The molecule has 0 unspecified atom stereocenters. The first-order valence-electron chi connectivity index (χ1n) is 16.6. The molecule has 1 amide bonds. The fourth-order valence-electron chi connectivity index (χ4n) is 10.5. The van der Waals surface area contributed by atoms with Crippen LogP contribution in [-0.4, -0.2) is 108 Å². The first-order chi connectivity index (χ1) is 19.9. The monoisotopic (exact) mass is 631 g/mol. The smallest absolute Gasteiger partial charge is 0.267 e. The maximum atomic E-state index is 12.7. The maximum Gasteiger partial charge on any atom is 0.267 e. The van der Waals surface area contributed by atoms with Gasteiger partial charge in [0.15, 0.2) is 0 Å². The number of nitrogens with one attached hydrogen (secondary N) is 1. The number of hydrogen-bond donors (Lipinski definition) is 6. The predicted octanol–water partition coefficient (Wildman–Crippen LogP) is 2.20. The molecule has 4 aliphatic rings. The third kappa shape index (κ3) is 7.60. The highest BCUT2D eigenvalue weighted by atomic mass is 32.2. The molecule has 0 spiro atoms. The molecular weight excluding hydrogens is 572 g/mol. The summed E-state index contributed by atoms with van der Waals surface area (Å²) < 4.78 is 31.3. The molecule has 0 radical (unpaired) electrons. The van der Waals surface area contributed by atoms with Gasteiger partial charge in [-0.25, -0.2) is 0 Å². The number of likely N-dealkylation sites (N-methyl/N-ethyl adjacent to an activating group) is 1. The Morgan fingerprint density at radius 3 is 2.42 bits per heavy atom. The Labute approximate surface area is 259 Å². The van der Waals surface area contributed by atoms with Gasteiger partial charge in [-0.3, -0.25) is 9.35 Å². The summed E-state index contributed by atoms with van der Waals surface area (Å²) in [6.45, 7) is 8.10. The van der Waals surface area contributed by atoms with Crippen molar-refractivity contribution in [3.8, 4) is 0 Å². The SMILES string of the molecule is C[C@H](CCC(=O)NCCC[N+](C)(C)C[C@H](O)CS(=O)(=O)O)[C@H]1CC[C@@H]2[C@H]3[C@H](O)C[C@H]4C[C@H](O)CC[C@]4(C)[C@H]3C[C@H](O)[C@@]21C.